The average molecular weight is 705 g/mol. The predicted octanol–water partition coefficient (Wildman–Crippen LogP) is 5.59. The molecule has 5 N–H and O–H groups in total. The van der Waals surface area contributed by atoms with Gasteiger partial charge in [0.1, 0.15) is 22.6 Å². The quantitative estimate of drug-likeness (QED) is 0.179. The summed E-state index contributed by atoms with van der Waals surface area (Å²) >= 11 is 0. The maximum Gasteiger partial charge on any atom is 0.341 e. The number of aromatic nitrogens is 3. The molecule has 6 rings (SSSR count). The Balaban J connectivity index is 0.000000643. The van der Waals surface area contributed by atoms with Crippen LogP contribution in [0, 0.1) is 18.6 Å². The number of ether oxygens (including phenoxy) is 1. The Labute approximate surface area is 293 Å². The minimum Gasteiger partial charge on any atom is -0.477 e. The lowest BCUT2D eigenvalue weighted by molar-refractivity contribution is 0.00681. The van der Waals surface area contributed by atoms with Crippen LogP contribution in [-0.2, 0) is 17.7 Å². The molecule has 2 aliphatic rings. The Morgan fingerprint density at radius 1 is 0.980 bits per heavy atom. The summed E-state index contributed by atoms with van der Waals surface area (Å²) in [6.45, 7) is 7.01. The van der Waals surface area contributed by atoms with Crippen molar-refractivity contribution in [3.8, 4) is 0 Å². The second-order valence-corrected chi connectivity index (χ2v) is 13.8. The van der Waals surface area contributed by atoms with Crippen LogP contribution >= 0.6 is 0 Å². The number of carbonyl (C=O) groups excluding carboxylic acids is 3. The lowest BCUT2D eigenvalue weighted by Crippen LogP contribution is -2.31. The Bertz CT molecular complexity index is 1980. The number of esters is 1. The van der Waals surface area contributed by atoms with Crippen LogP contribution in [0.3, 0.4) is 0 Å². The summed E-state index contributed by atoms with van der Waals surface area (Å²) in [5.74, 6) is -5.33. The highest BCUT2D eigenvalue weighted by atomic mass is 19.2. The van der Waals surface area contributed by atoms with Crippen molar-refractivity contribution in [3.05, 3.63) is 99.0 Å². The largest absolute Gasteiger partial charge is 0.477 e. The zero-order valence-electron chi connectivity index (χ0n) is 29.0. The molecule has 2 heterocycles. The van der Waals surface area contributed by atoms with E-state index in [1.54, 1.807) is 32.9 Å². The number of carboxylic acid groups (broad SMARTS) is 1. The molecule has 0 spiro atoms. The molecule has 270 valence electrons. The Morgan fingerprint density at radius 3 is 2.33 bits per heavy atom. The Hall–Kier alpha value is -5.24. The first-order chi connectivity index (χ1) is 24.1. The average Bonchev–Trinajstić information content (AvgIpc) is 3.69. The number of fused-ring (bicyclic) bond motifs is 2. The van der Waals surface area contributed by atoms with Crippen molar-refractivity contribution in [2.24, 2.45) is 5.73 Å². The van der Waals surface area contributed by atoms with Gasteiger partial charge in [-0.1, -0.05) is 31.4 Å². The van der Waals surface area contributed by atoms with E-state index in [9.17, 15) is 33.1 Å². The minimum absolute atomic E-state index is 0.143. The third-order valence-corrected chi connectivity index (χ3v) is 8.87. The summed E-state index contributed by atoms with van der Waals surface area (Å²) in [6.07, 6.45) is 8.82. The summed E-state index contributed by atoms with van der Waals surface area (Å²) < 4.78 is 33.4. The fourth-order valence-corrected chi connectivity index (χ4v) is 6.27. The molecular formula is C37H42F2N6O6. The van der Waals surface area contributed by atoms with E-state index in [2.05, 4.69) is 20.7 Å². The SMILES string of the molecule is Cc1c(C(=O)OC(C)(C)C)ccc2c1CC[C@@H]2NC(=O)c1cc(C(=O)NCc2ccc(F)c(F)c2)nc2c(C(=O)O)cnn12.NC1CCCCC1. The zero-order valence-corrected chi connectivity index (χ0v) is 29.0. The van der Waals surface area contributed by atoms with Crippen molar-refractivity contribution in [3.63, 3.8) is 0 Å². The van der Waals surface area contributed by atoms with Crippen molar-refractivity contribution in [2.75, 3.05) is 0 Å². The zero-order chi connectivity index (χ0) is 37.0. The van der Waals surface area contributed by atoms with E-state index >= 15 is 0 Å². The first-order valence-corrected chi connectivity index (χ1v) is 16.9. The number of benzene rings is 2. The number of nitrogens with one attached hydrogen (secondary N) is 2. The highest BCUT2D eigenvalue weighted by Crippen LogP contribution is 2.35. The number of carbonyl (C=O) groups is 4. The summed E-state index contributed by atoms with van der Waals surface area (Å²) in [5.41, 5.74) is 7.22. The number of amides is 2. The van der Waals surface area contributed by atoms with E-state index in [-0.39, 0.29) is 34.7 Å². The molecule has 0 saturated heterocycles. The van der Waals surface area contributed by atoms with Crippen molar-refractivity contribution < 1.29 is 37.8 Å². The molecule has 1 fully saturated rings. The number of nitrogens with two attached hydrogens (primary N) is 1. The summed E-state index contributed by atoms with van der Waals surface area (Å²) in [6, 6.07) is 7.87. The van der Waals surface area contributed by atoms with Crippen molar-refractivity contribution >= 4 is 29.4 Å². The van der Waals surface area contributed by atoms with Crippen LogP contribution in [0.15, 0.2) is 42.6 Å². The number of nitrogens with zero attached hydrogens (tertiary/aromatic N) is 3. The molecule has 14 heteroatoms. The third-order valence-electron chi connectivity index (χ3n) is 8.87. The van der Waals surface area contributed by atoms with E-state index in [1.807, 2.05) is 6.92 Å². The van der Waals surface area contributed by atoms with Crippen molar-refractivity contribution in [2.45, 2.75) is 96.9 Å². The first-order valence-electron chi connectivity index (χ1n) is 16.9. The maximum atomic E-state index is 13.6. The van der Waals surface area contributed by atoms with E-state index in [4.69, 9.17) is 10.5 Å². The lowest BCUT2D eigenvalue weighted by Gasteiger charge is -2.21. The smallest absolute Gasteiger partial charge is 0.341 e. The number of hydrogen-bond donors (Lipinski definition) is 4. The van der Waals surface area contributed by atoms with Gasteiger partial charge in [-0.05, 0) is 93.8 Å². The second-order valence-electron chi connectivity index (χ2n) is 13.8. The molecule has 2 aromatic heterocycles. The molecule has 1 atom stereocenters. The summed E-state index contributed by atoms with van der Waals surface area (Å²) in [7, 11) is 0. The van der Waals surface area contributed by atoms with E-state index in [1.165, 1.54) is 44.2 Å². The van der Waals surface area contributed by atoms with Crippen molar-refractivity contribution in [1.29, 1.82) is 0 Å². The fourth-order valence-electron chi connectivity index (χ4n) is 6.27. The van der Waals surface area contributed by atoms with Gasteiger partial charge in [-0.2, -0.15) is 5.10 Å². The molecule has 1 saturated carbocycles. The molecule has 12 nitrogen and oxygen atoms in total. The normalized spacial score (nSPS) is 15.8. The molecule has 2 amide bonds. The van der Waals surface area contributed by atoms with Crippen LogP contribution in [0.1, 0.15) is 129 Å². The van der Waals surface area contributed by atoms with Gasteiger partial charge in [0.15, 0.2) is 17.3 Å². The van der Waals surface area contributed by atoms with Gasteiger partial charge < -0.3 is 26.2 Å². The second kappa shape index (κ2) is 15.3. The third kappa shape index (κ3) is 8.74. The molecule has 0 radical (unpaired) electrons. The fraction of sp³-hybridized carbons (Fsp3) is 0.405. The highest BCUT2D eigenvalue weighted by molar-refractivity contribution is 6.01. The van der Waals surface area contributed by atoms with Crippen LogP contribution in [-0.4, -0.2) is 55.1 Å². The highest BCUT2D eigenvalue weighted by Gasteiger charge is 2.30. The number of hydrogen-bond acceptors (Lipinski definition) is 8. The molecule has 0 bridgehead atoms. The van der Waals surface area contributed by atoms with Crippen LogP contribution in [0.5, 0.6) is 0 Å². The van der Waals surface area contributed by atoms with Gasteiger partial charge in [-0.25, -0.2) is 27.9 Å². The monoisotopic (exact) mass is 704 g/mol. The molecule has 2 aromatic carbocycles. The lowest BCUT2D eigenvalue weighted by atomic mass is 9.97. The summed E-state index contributed by atoms with van der Waals surface area (Å²) in [4.78, 5) is 55.3. The van der Waals surface area contributed by atoms with Gasteiger partial charge in [0, 0.05) is 18.7 Å². The topological polar surface area (TPSA) is 178 Å². The van der Waals surface area contributed by atoms with Crippen LogP contribution < -0.4 is 16.4 Å². The predicted molar refractivity (Wildman–Crippen MR) is 183 cm³/mol. The number of rotatable bonds is 7. The molecule has 0 aliphatic heterocycles. The molecular weight excluding hydrogens is 662 g/mol. The van der Waals surface area contributed by atoms with E-state index in [0.717, 1.165) is 39.5 Å². The van der Waals surface area contributed by atoms with Gasteiger partial charge in [0.2, 0.25) is 0 Å². The summed E-state index contributed by atoms with van der Waals surface area (Å²) in [5, 5.41) is 19.1. The van der Waals surface area contributed by atoms with Crippen molar-refractivity contribution in [1.82, 2.24) is 25.2 Å². The maximum absolute atomic E-state index is 13.6. The van der Waals surface area contributed by atoms with Gasteiger partial charge >= 0.3 is 11.9 Å². The molecule has 2 aliphatic carbocycles. The first kappa shape index (κ1) is 37.0. The molecule has 51 heavy (non-hydrogen) atoms. The standard InChI is InChI=1S/C31H29F2N5O6.C6H13N/c1-15-17-8-10-23(19(17)7-6-18(15)30(43)44-31(2,3)4)37-28(40)25-12-24(36-26-20(29(41)42)14-35-38(25)26)27(39)34-13-16-5-9-21(32)22(33)11-16;7-6-4-2-1-3-5-6/h5-7,9,11-12,14,23H,8,10,13H2,1-4H3,(H,34,39)(H,37,40)(H,41,42);6H,1-5,7H2/t23-;/m0./s1. The van der Waals surface area contributed by atoms with Crippen LogP contribution in [0.25, 0.3) is 5.65 Å². The Kier molecular flexibility index (Phi) is 11.1. The van der Waals surface area contributed by atoms with Crippen LogP contribution in [0.2, 0.25) is 0 Å². The Morgan fingerprint density at radius 2 is 1.71 bits per heavy atom. The number of halogens is 2. The van der Waals surface area contributed by atoms with Gasteiger partial charge in [0.25, 0.3) is 11.8 Å². The van der Waals surface area contributed by atoms with E-state index in [0.29, 0.717) is 24.4 Å². The van der Waals surface area contributed by atoms with Gasteiger partial charge in [-0.15, -0.1) is 0 Å². The number of carboxylic acids is 1. The molecule has 4 aromatic rings. The van der Waals surface area contributed by atoms with Gasteiger partial charge in [0.05, 0.1) is 17.8 Å². The van der Waals surface area contributed by atoms with Crippen LogP contribution in [0.4, 0.5) is 8.78 Å². The van der Waals surface area contributed by atoms with E-state index < -0.39 is 47.0 Å². The minimum atomic E-state index is -1.36. The number of aromatic carboxylic acids is 1. The molecule has 0 unspecified atom stereocenters. The van der Waals surface area contributed by atoms with Gasteiger partial charge in [-0.3, -0.25) is 9.59 Å².